The van der Waals surface area contributed by atoms with E-state index in [9.17, 15) is 14.7 Å². The van der Waals surface area contributed by atoms with Gasteiger partial charge in [-0.25, -0.2) is 4.79 Å². The minimum absolute atomic E-state index is 0.143. The second kappa shape index (κ2) is 13.0. The van der Waals surface area contributed by atoms with Crippen molar-refractivity contribution in [1.82, 2.24) is 0 Å². The van der Waals surface area contributed by atoms with E-state index in [1.54, 1.807) is 43.3 Å². The molecule has 0 aromatic heterocycles. The number of unbranched alkanes of at least 4 members (excludes halogenated alkanes) is 5. The van der Waals surface area contributed by atoms with Crippen molar-refractivity contribution < 1.29 is 24.2 Å². The number of amidine groups is 1. The van der Waals surface area contributed by atoms with Gasteiger partial charge in [-0.2, -0.15) is 4.99 Å². The largest absolute Gasteiger partial charge is 0.493 e. The van der Waals surface area contributed by atoms with Gasteiger partial charge in [-0.05, 0) is 54.1 Å². The van der Waals surface area contributed by atoms with E-state index < -0.39 is 5.97 Å². The molecule has 0 atom stereocenters. The summed E-state index contributed by atoms with van der Waals surface area (Å²) in [5, 5.41) is 9.88. The molecule has 1 aliphatic heterocycles. The first-order valence-electron chi connectivity index (χ1n) is 11.8. The third kappa shape index (κ3) is 7.11. The summed E-state index contributed by atoms with van der Waals surface area (Å²) in [6.07, 6.45) is 8.93. The minimum atomic E-state index is -1.04. The summed E-state index contributed by atoms with van der Waals surface area (Å²) < 4.78 is 11.4. The number of aliphatic imine (C=N–C) groups is 1. The molecule has 0 saturated carbocycles. The van der Waals surface area contributed by atoms with Crippen LogP contribution in [0.1, 0.15) is 61.4 Å². The van der Waals surface area contributed by atoms with E-state index in [1.807, 2.05) is 18.2 Å². The van der Waals surface area contributed by atoms with Gasteiger partial charge in [0.05, 0.1) is 29.9 Å². The SMILES string of the molecule is CCCCCCCCOc1ccc(/C=C2\SC(N(C)c3ccccc3C(=O)O)=NC2=O)cc1OC. The lowest BCUT2D eigenvalue weighted by Gasteiger charge is -2.19. The Morgan fingerprint density at radius 2 is 1.83 bits per heavy atom. The van der Waals surface area contributed by atoms with Crippen molar-refractivity contribution >= 4 is 40.6 Å². The van der Waals surface area contributed by atoms with Crippen LogP contribution in [0.3, 0.4) is 0 Å². The second-order valence-electron chi connectivity index (χ2n) is 8.22. The van der Waals surface area contributed by atoms with Gasteiger partial charge in [0, 0.05) is 7.05 Å². The highest BCUT2D eigenvalue weighted by molar-refractivity contribution is 8.18. The van der Waals surface area contributed by atoms with Gasteiger partial charge in [0.15, 0.2) is 16.7 Å². The molecule has 0 bridgehead atoms. The number of carboxylic acids is 1. The summed E-state index contributed by atoms with van der Waals surface area (Å²) in [5.41, 5.74) is 1.40. The van der Waals surface area contributed by atoms with E-state index in [2.05, 4.69) is 11.9 Å². The molecule has 0 unspecified atom stereocenters. The molecular weight excluding hydrogens is 464 g/mol. The summed E-state index contributed by atoms with van der Waals surface area (Å²) in [5.74, 6) is -0.124. The molecule has 0 saturated heterocycles. The molecule has 2 aromatic carbocycles. The Kier molecular flexibility index (Phi) is 9.78. The van der Waals surface area contributed by atoms with Crippen LogP contribution in [0, 0.1) is 0 Å². The number of para-hydroxylation sites is 1. The lowest BCUT2D eigenvalue weighted by atomic mass is 10.1. The van der Waals surface area contributed by atoms with E-state index in [4.69, 9.17) is 9.47 Å². The fraction of sp³-hybridized carbons (Fsp3) is 0.370. The van der Waals surface area contributed by atoms with Crippen LogP contribution in [0.2, 0.25) is 0 Å². The molecule has 1 N–H and O–H groups in total. The zero-order valence-corrected chi connectivity index (χ0v) is 21.3. The zero-order chi connectivity index (χ0) is 25.2. The minimum Gasteiger partial charge on any atom is -0.493 e. The van der Waals surface area contributed by atoms with Crippen LogP contribution in [0.5, 0.6) is 11.5 Å². The van der Waals surface area contributed by atoms with Crippen LogP contribution in [0.25, 0.3) is 6.08 Å². The Balaban J connectivity index is 1.65. The number of nitrogens with zero attached hydrogens (tertiary/aromatic N) is 2. The van der Waals surface area contributed by atoms with Gasteiger partial charge in [-0.15, -0.1) is 0 Å². The molecule has 1 aliphatic rings. The van der Waals surface area contributed by atoms with Gasteiger partial charge in [-0.1, -0.05) is 57.2 Å². The molecule has 3 rings (SSSR count). The van der Waals surface area contributed by atoms with Crippen molar-refractivity contribution in [1.29, 1.82) is 0 Å². The molecule has 186 valence electrons. The van der Waals surface area contributed by atoms with Gasteiger partial charge in [0.1, 0.15) is 0 Å². The molecule has 2 aromatic rings. The maximum Gasteiger partial charge on any atom is 0.337 e. The summed E-state index contributed by atoms with van der Waals surface area (Å²) in [4.78, 5) is 30.3. The summed E-state index contributed by atoms with van der Waals surface area (Å²) in [6.45, 7) is 2.85. The molecule has 35 heavy (non-hydrogen) atoms. The zero-order valence-electron chi connectivity index (χ0n) is 20.5. The Morgan fingerprint density at radius 1 is 1.09 bits per heavy atom. The van der Waals surface area contributed by atoms with Gasteiger partial charge in [0.2, 0.25) is 0 Å². The maximum absolute atomic E-state index is 12.6. The van der Waals surface area contributed by atoms with Gasteiger partial charge >= 0.3 is 5.97 Å². The lowest BCUT2D eigenvalue weighted by Crippen LogP contribution is -2.24. The number of carboxylic acid groups (broad SMARTS) is 1. The van der Waals surface area contributed by atoms with Crippen LogP contribution in [-0.4, -0.2) is 42.9 Å². The number of anilines is 1. The average Bonchev–Trinajstić information content (AvgIpc) is 3.23. The first-order chi connectivity index (χ1) is 16.9. The Morgan fingerprint density at radius 3 is 2.57 bits per heavy atom. The number of amides is 1. The van der Waals surface area contributed by atoms with Crippen molar-refractivity contribution in [3.63, 3.8) is 0 Å². The summed E-state index contributed by atoms with van der Waals surface area (Å²) >= 11 is 1.20. The number of rotatable bonds is 12. The van der Waals surface area contributed by atoms with E-state index in [-0.39, 0.29) is 11.5 Å². The first-order valence-corrected chi connectivity index (χ1v) is 12.7. The highest BCUT2D eigenvalue weighted by atomic mass is 32.2. The molecule has 0 fully saturated rings. The third-order valence-electron chi connectivity index (χ3n) is 5.63. The lowest BCUT2D eigenvalue weighted by molar-refractivity contribution is -0.113. The number of benzene rings is 2. The summed E-state index contributed by atoms with van der Waals surface area (Å²) in [6, 6.07) is 12.2. The van der Waals surface area contributed by atoms with E-state index in [1.165, 1.54) is 43.5 Å². The van der Waals surface area contributed by atoms with Gasteiger partial charge in [-0.3, -0.25) is 4.79 Å². The number of hydrogen-bond donors (Lipinski definition) is 1. The molecule has 0 aliphatic carbocycles. The number of methoxy groups -OCH3 is 1. The molecule has 8 heteroatoms. The number of thioether (sulfide) groups is 1. The molecule has 1 heterocycles. The van der Waals surface area contributed by atoms with Crippen molar-refractivity contribution in [3.05, 3.63) is 58.5 Å². The van der Waals surface area contributed by atoms with Crippen molar-refractivity contribution in [2.45, 2.75) is 45.4 Å². The summed E-state index contributed by atoms with van der Waals surface area (Å²) in [7, 11) is 3.29. The fourth-order valence-corrected chi connectivity index (χ4v) is 4.59. The van der Waals surface area contributed by atoms with Crippen LogP contribution in [0.4, 0.5) is 5.69 Å². The van der Waals surface area contributed by atoms with Gasteiger partial charge in [0.25, 0.3) is 5.91 Å². The highest BCUT2D eigenvalue weighted by Gasteiger charge is 2.27. The van der Waals surface area contributed by atoms with Crippen molar-refractivity contribution in [3.8, 4) is 11.5 Å². The Hall–Kier alpha value is -3.26. The molecule has 0 radical (unpaired) electrons. The molecule has 7 nitrogen and oxygen atoms in total. The molecule has 1 amide bonds. The van der Waals surface area contributed by atoms with Gasteiger partial charge < -0.3 is 19.5 Å². The van der Waals surface area contributed by atoms with Crippen LogP contribution in [-0.2, 0) is 4.79 Å². The quantitative estimate of drug-likeness (QED) is 0.275. The number of carbonyl (C=O) groups is 2. The predicted molar refractivity (Wildman–Crippen MR) is 142 cm³/mol. The Labute approximate surface area is 210 Å². The highest BCUT2D eigenvalue weighted by Crippen LogP contribution is 2.35. The van der Waals surface area contributed by atoms with Crippen molar-refractivity contribution in [2.75, 3.05) is 25.7 Å². The molecular formula is C27H32N2O5S. The van der Waals surface area contributed by atoms with E-state index in [0.717, 1.165) is 18.4 Å². The van der Waals surface area contributed by atoms with E-state index in [0.29, 0.717) is 33.9 Å². The Bertz CT molecular complexity index is 1110. The number of ether oxygens (including phenoxy) is 2. The standard InChI is InChI=1S/C27H32N2O5S/c1-4-5-6-7-8-11-16-34-22-15-14-19(17-23(22)33-3)18-24-25(30)28-27(35-24)29(2)21-13-10-9-12-20(21)26(31)32/h9-10,12-15,17-18H,4-8,11,16H2,1-3H3,(H,31,32)/b24-18-. The normalized spacial score (nSPS) is 14.2. The number of aromatic carboxylic acids is 1. The second-order valence-corrected chi connectivity index (χ2v) is 9.23. The maximum atomic E-state index is 12.6. The fourth-order valence-electron chi connectivity index (χ4n) is 3.70. The topological polar surface area (TPSA) is 88.4 Å². The predicted octanol–water partition coefficient (Wildman–Crippen LogP) is 6.24. The number of carbonyl (C=O) groups excluding carboxylic acids is 1. The number of hydrogen-bond acceptors (Lipinski definition) is 6. The van der Waals surface area contributed by atoms with Crippen LogP contribution in [0.15, 0.2) is 52.4 Å². The van der Waals surface area contributed by atoms with E-state index >= 15 is 0 Å². The van der Waals surface area contributed by atoms with Crippen LogP contribution < -0.4 is 14.4 Å². The monoisotopic (exact) mass is 496 g/mol. The third-order valence-corrected chi connectivity index (χ3v) is 6.69. The molecule has 0 spiro atoms. The smallest absolute Gasteiger partial charge is 0.337 e. The average molecular weight is 497 g/mol. The van der Waals surface area contributed by atoms with Crippen LogP contribution >= 0.6 is 11.8 Å². The van der Waals surface area contributed by atoms with Crippen molar-refractivity contribution in [2.24, 2.45) is 4.99 Å². The first kappa shape index (κ1) is 26.3.